The van der Waals surface area contributed by atoms with Crippen LogP contribution in [0.5, 0.6) is 5.75 Å². The zero-order chi connectivity index (χ0) is 28.0. The SMILES string of the molecule is [2H]C([2H])([2H])Oc1c(N2C[C@@](OC)(C(F)(F)F)C[C@H]2C(=O)Nc2ccnc([S@](C)(=N)=O)c2)ccc(F)c1F. The minimum Gasteiger partial charge on any atom is -0.491 e. The Balaban J connectivity index is 2.11. The lowest BCUT2D eigenvalue weighted by molar-refractivity contribution is -0.261. The number of hydrogen-bond acceptors (Lipinski definition) is 7. The summed E-state index contributed by atoms with van der Waals surface area (Å²) in [4.78, 5) is 17.7. The summed E-state index contributed by atoms with van der Waals surface area (Å²) in [6, 6.07) is 1.93. The lowest BCUT2D eigenvalue weighted by Crippen LogP contribution is -2.49. The van der Waals surface area contributed by atoms with Crippen molar-refractivity contribution in [1.82, 2.24) is 4.98 Å². The Morgan fingerprint density at radius 3 is 2.68 bits per heavy atom. The minimum atomic E-state index is -5.03. The van der Waals surface area contributed by atoms with E-state index >= 15 is 0 Å². The summed E-state index contributed by atoms with van der Waals surface area (Å²) in [5.41, 5.74) is -3.63. The number of aromatic nitrogens is 1. The largest absolute Gasteiger partial charge is 0.491 e. The third kappa shape index (κ3) is 4.64. The molecule has 3 rings (SSSR count). The molecule has 0 saturated carbocycles. The van der Waals surface area contributed by atoms with Crippen molar-refractivity contribution in [3.63, 3.8) is 0 Å². The van der Waals surface area contributed by atoms with E-state index in [0.717, 1.165) is 31.7 Å². The van der Waals surface area contributed by atoms with E-state index in [1.54, 1.807) is 0 Å². The molecule has 1 fully saturated rings. The average Bonchev–Trinajstić information content (AvgIpc) is 3.17. The summed E-state index contributed by atoms with van der Waals surface area (Å²) in [6.45, 7) is -1.09. The van der Waals surface area contributed by atoms with Gasteiger partial charge in [-0.3, -0.25) is 4.79 Å². The Kier molecular flexibility index (Phi) is 5.69. The molecule has 0 spiro atoms. The maximum absolute atomic E-state index is 14.6. The molecule has 1 aliphatic rings. The number of hydrogen-bond donors (Lipinski definition) is 2. The van der Waals surface area contributed by atoms with Crippen LogP contribution in [0.3, 0.4) is 0 Å². The molecular weight excluding hydrogens is 487 g/mol. The van der Waals surface area contributed by atoms with Crippen molar-refractivity contribution < 1.29 is 44.5 Å². The van der Waals surface area contributed by atoms with Gasteiger partial charge in [0, 0.05) is 31.7 Å². The lowest BCUT2D eigenvalue weighted by atomic mass is 9.99. The zero-order valence-corrected chi connectivity index (χ0v) is 18.5. The molecule has 0 bridgehead atoms. The number of pyridine rings is 1. The van der Waals surface area contributed by atoms with Gasteiger partial charge in [-0.05, 0) is 24.3 Å². The van der Waals surface area contributed by atoms with Crippen molar-refractivity contribution >= 4 is 27.0 Å². The van der Waals surface area contributed by atoms with Crippen LogP contribution < -0.4 is 15.0 Å². The van der Waals surface area contributed by atoms with Crippen LogP contribution in [0.1, 0.15) is 10.5 Å². The first-order chi connectivity index (χ1) is 16.9. The van der Waals surface area contributed by atoms with Gasteiger partial charge in [-0.2, -0.15) is 17.6 Å². The number of anilines is 2. The lowest BCUT2D eigenvalue weighted by Gasteiger charge is -2.31. The minimum absolute atomic E-state index is 0.0528. The molecule has 1 amide bonds. The summed E-state index contributed by atoms with van der Waals surface area (Å²) in [5, 5.41) is 2.13. The molecular formula is C20H21F5N4O4S. The molecule has 2 aromatic rings. The number of halogens is 5. The van der Waals surface area contributed by atoms with E-state index in [4.69, 9.17) is 13.6 Å². The number of nitrogens with one attached hydrogen (secondary N) is 2. The summed E-state index contributed by atoms with van der Waals surface area (Å²) < 4.78 is 121. The second-order valence-electron chi connectivity index (χ2n) is 7.57. The average molecular weight is 511 g/mol. The smallest absolute Gasteiger partial charge is 0.419 e. The molecule has 0 radical (unpaired) electrons. The van der Waals surface area contributed by atoms with E-state index in [1.807, 2.05) is 0 Å². The highest BCUT2D eigenvalue weighted by molar-refractivity contribution is 7.91. The fraction of sp³-hybridized carbons (Fsp3) is 0.400. The highest BCUT2D eigenvalue weighted by atomic mass is 32.2. The van der Waals surface area contributed by atoms with Gasteiger partial charge in [0.15, 0.2) is 17.2 Å². The van der Waals surface area contributed by atoms with E-state index in [9.17, 15) is 31.0 Å². The Morgan fingerprint density at radius 1 is 1.38 bits per heavy atom. The molecule has 0 unspecified atom stereocenters. The standard InChI is InChI=1S/C20H21F5N4O4S/c1-32-17-13(5-4-12(21)16(17)22)29-10-19(33-2,20(23,24)25)9-14(29)18(30)28-11-6-7-27-15(8-11)34(3,26)31/h4-8,14,26H,9-10H2,1-3H3,(H,27,28,30)/t14-,19+,34+/m0/s1/i1D3. The summed E-state index contributed by atoms with van der Waals surface area (Å²) in [5.74, 6) is -5.59. The van der Waals surface area contributed by atoms with E-state index in [1.165, 1.54) is 6.07 Å². The van der Waals surface area contributed by atoms with E-state index < -0.39 is 76.5 Å². The van der Waals surface area contributed by atoms with Crippen LogP contribution in [-0.4, -0.2) is 59.9 Å². The van der Waals surface area contributed by atoms with E-state index in [2.05, 4.69) is 15.0 Å². The molecule has 1 aliphatic heterocycles. The fourth-order valence-electron chi connectivity index (χ4n) is 3.60. The van der Waals surface area contributed by atoms with Crippen LogP contribution >= 0.6 is 0 Å². The van der Waals surface area contributed by atoms with Gasteiger partial charge in [-0.1, -0.05) is 0 Å². The predicted octanol–water partition coefficient (Wildman–Crippen LogP) is 3.57. The molecule has 8 nitrogen and oxygen atoms in total. The predicted molar refractivity (Wildman–Crippen MR) is 112 cm³/mol. The van der Waals surface area contributed by atoms with Crippen LogP contribution in [0, 0.1) is 16.4 Å². The number of methoxy groups -OCH3 is 2. The number of rotatable bonds is 6. The molecule has 14 heteroatoms. The Morgan fingerprint density at radius 2 is 2.09 bits per heavy atom. The Labute approximate surface area is 196 Å². The fourth-order valence-corrected chi connectivity index (χ4v) is 4.21. The third-order valence-electron chi connectivity index (χ3n) is 5.38. The molecule has 3 atom stereocenters. The molecule has 0 aliphatic carbocycles. The molecule has 1 aromatic carbocycles. The van der Waals surface area contributed by atoms with Gasteiger partial charge in [0.05, 0.1) is 33.1 Å². The van der Waals surface area contributed by atoms with Gasteiger partial charge in [0.1, 0.15) is 11.1 Å². The number of nitrogens with zero attached hydrogens (tertiary/aromatic N) is 2. The Bertz CT molecular complexity index is 1310. The van der Waals surface area contributed by atoms with E-state index in [0.29, 0.717) is 11.0 Å². The molecule has 2 heterocycles. The van der Waals surface area contributed by atoms with Gasteiger partial charge in [-0.25, -0.2) is 18.4 Å². The highest BCUT2D eigenvalue weighted by Crippen LogP contribution is 2.47. The number of benzene rings is 1. The van der Waals surface area contributed by atoms with Crippen LogP contribution in [0.2, 0.25) is 0 Å². The first-order valence-corrected chi connectivity index (χ1v) is 11.4. The first-order valence-electron chi connectivity index (χ1n) is 10.9. The third-order valence-corrected chi connectivity index (χ3v) is 6.40. The normalized spacial score (nSPS) is 24.0. The number of ether oxygens (including phenoxy) is 2. The van der Waals surface area contributed by atoms with Crippen LogP contribution in [0.25, 0.3) is 0 Å². The molecule has 1 saturated heterocycles. The topological polar surface area (TPSA) is 105 Å². The quantitative estimate of drug-likeness (QED) is 0.575. The summed E-state index contributed by atoms with van der Waals surface area (Å²) >= 11 is 0. The van der Waals surface area contributed by atoms with Gasteiger partial charge in [0.25, 0.3) is 0 Å². The zero-order valence-electron chi connectivity index (χ0n) is 20.7. The van der Waals surface area contributed by atoms with Gasteiger partial charge in [-0.15, -0.1) is 0 Å². The van der Waals surface area contributed by atoms with Crippen molar-refractivity contribution in [1.29, 1.82) is 4.78 Å². The maximum Gasteiger partial charge on any atom is 0.419 e. The van der Waals surface area contributed by atoms with Crippen molar-refractivity contribution in [2.45, 2.75) is 29.3 Å². The van der Waals surface area contributed by atoms with Crippen LogP contribution in [-0.2, 0) is 19.3 Å². The molecule has 2 N–H and O–H groups in total. The van der Waals surface area contributed by atoms with Crippen molar-refractivity contribution in [2.75, 3.05) is 37.2 Å². The van der Waals surface area contributed by atoms with Crippen LogP contribution in [0.15, 0.2) is 35.5 Å². The van der Waals surface area contributed by atoms with Gasteiger partial charge in [0.2, 0.25) is 11.7 Å². The van der Waals surface area contributed by atoms with Crippen LogP contribution in [0.4, 0.5) is 33.3 Å². The van der Waals surface area contributed by atoms with E-state index in [-0.39, 0.29) is 10.7 Å². The van der Waals surface area contributed by atoms with Crippen molar-refractivity contribution in [3.8, 4) is 5.75 Å². The highest BCUT2D eigenvalue weighted by Gasteiger charge is 2.63. The maximum atomic E-state index is 14.6. The number of amides is 1. The second kappa shape index (κ2) is 8.98. The molecule has 1 aromatic heterocycles. The monoisotopic (exact) mass is 511 g/mol. The van der Waals surface area contributed by atoms with Crippen molar-refractivity contribution in [3.05, 3.63) is 42.1 Å². The van der Waals surface area contributed by atoms with Gasteiger partial charge < -0.3 is 19.7 Å². The summed E-state index contributed by atoms with van der Waals surface area (Å²) in [7, 11) is -5.84. The molecule has 34 heavy (non-hydrogen) atoms. The number of carbonyl (C=O) groups excluding carboxylic acids is 1. The van der Waals surface area contributed by atoms with Gasteiger partial charge >= 0.3 is 6.18 Å². The van der Waals surface area contributed by atoms with Crippen molar-refractivity contribution in [2.24, 2.45) is 0 Å². The molecule has 186 valence electrons. The summed E-state index contributed by atoms with van der Waals surface area (Å²) in [6.07, 6.45) is -3.83. The number of carbonyl (C=O) groups is 1. The first kappa shape index (κ1) is 21.5. The Hall–Kier alpha value is -3.00. The number of alkyl halides is 3. The second-order valence-corrected chi connectivity index (χ2v) is 9.68.